The summed E-state index contributed by atoms with van der Waals surface area (Å²) in [6.07, 6.45) is 0.889. The van der Waals surface area contributed by atoms with Gasteiger partial charge in [-0.15, -0.1) is 0 Å². The van der Waals surface area contributed by atoms with Gasteiger partial charge in [-0.3, -0.25) is 4.90 Å². The number of hydrogen-bond acceptors (Lipinski definition) is 3. The fourth-order valence-corrected chi connectivity index (χ4v) is 5.94. The van der Waals surface area contributed by atoms with Crippen LogP contribution in [0, 0.1) is 5.82 Å². The molecule has 0 aromatic heterocycles. The van der Waals surface area contributed by atoms with E-state index in [1.54, 1.807) is 21.9 Å². The molecular formula is C20H21FN2O3S. The Labute approximate surface area is 158 Å². The minimum atomic E-state index is -3.23. The summed E-state index contributed by atoms with van der Waals surface area (Å²) in [6, 6.07) is 12.6. The molecule has 2 aromatic carbocycles. The molecule has 2 saturated heterocycles. The number of benzene rings is 2. The fourth-order valence-electron chi connectivity index (χ4n) is 3.99. The molecule has 0 bridgehead atoms. The summed E-state index contributed by atoms with van der Waals surface area (Å²) in [7, 11) is -3.23. The highest BCUT2D eigenvalue weighted by molar-refractivity contribution is 7.91. The molecule has 142 valence electrons. The van der Waals surface area contributed by atoms with E-state index in [2.05, 4.69) is 6.92 Å². The van der Waals surface area contributed by atoms with Crippen molar-refractivity contribution in [3.05, 3.63) is 65.5 Å². The Balaban J connectivity index is 1.69. The van der Waals surface area contributed by atoms with Crippen LogP contribution in [0.4, 0.5) is 14.9 Å². The predicted octanol–water partition coefficient (Wildman–Crippen LogP) is 3.00. The van der Waals surface area contributed by atoms with Crippen molar-refractivity contribution in [1.29, 1.82) is 0 Å². The lowest BCUT2D eigenvalue weighted by molar-refractivity contribution is 0.206. The molecule has 2 heterocycles. The van der Waals surface area contributed by atoms with Crippen molar-refractivity contribution in [3.63, 3.8) is 0 Å². The topological polar surface area (TPSA) is 57.7 Å². The van der Waals surface area contributed by atoms with Crippen LogP contribution in [0.1, 0.15) is 18.1 Å². The Morgan fingerprint density at radius 1 is 1.04 bits per heavy atom. The lowest BCUT2D eigenvalue weighted by atomic mass is 10.1. The molecule has 0 spiro atoms. The Morgan fingerprint density at radius 2 is 1.74 bits per heavy atom. The van der Waals surface area contributed by atoms with Crippen LogP contribution in [0.5, 0.6) is 0 Å². The number of sulfone groups is 1. The van der Waals surface area contributed by atoms with Crippen LogP contribution in [0.25, 0.3) is 0 Å². The summed E-state index contributed by atoms with van der Waals surface area (Å²) >= 11 is 0. The van der Waals surface area contributed by atoms with Crippen molar-refractivity contribution in [1.82, 2.24) is 4.90 Å². The third-order valence-corrected chi connectivity index (χ3v) is 7.04. The zero-order valence-electron chi connectivity index (χ0n) is 15.0. The van der Waals surface area contributed by atoms with E-state index < -0.39 is 21.9 Å². The number of nitrogens with zero attached hydrogens (tertiary/aromatic N) is 2. The molecule has 0 N–H and O–H groups in total. The number of amides is 2. The lowest BCUT2D eigenvalue weighted by Gasteiger charge is -2.23. The molecule has 2 fully saturated rings. The predicted molar refractivity (Wildman–Crippen MR) is 102 cm³/mol. The molecule has 2 aliphatic heterocycles. The quantitative estimate of drug-likeness (QED) is 0.757. The molecule has 0 radical (unpaired) electrons. The number of halogens is 1. The third-order valence-electron chi connectivity index (χ3n) is 5.34. The van der Waals surface area contributed by atoms with Crippen LogP contribution in [0.2, 0.25) is 0 Å². The van der Waals surface area contributed by atoms with E-state index in [4.69, 9.17) is 0 Å². The smallest absolute Gasteiger partial charge is 0.314 e. The van der Waals surface area contributed by atoms with Gasteiger partial charge in [-0.25, -0.2) is 17.6 Å². The van der Waals surface area contributed by atoms with Crippen LogP contribution >= 0.6 is 0 Å². The summed E-state index contributed by atoms with van der Waals surface area (Å²) in [5, 5.41) is 0. The standard InChI is InChI=1S/C20H21FN2O3S/c1-2-14-6-8-17(9-7-14)23-19-13-27(25,26)12-18(19)22(20(23)24)11-15-4-3-5-16(21)10-15/h3-10,18-19H,2,11-13H2,1H3/t18-,19-/m0/s1. The first kappa shape index (κ1) is 18.0. The van der Waals surface area contributed by atoms with E-state index in [1.807, 2.05) is 24.3 Å². The summed E-state index contributed by atoms with van der Waals surface area (Å²) < 4.78 is 38.0. The van der Waals surface area contributed by atoms with Crippen molar-refractivity contribution in [2.24, 2.45) is 0 Å². The molecule has 0 aliphatic carbocycles. The van der Waals surface area contributed by atoms with Crippen LogP contribution in [0.15, 0.2) is 48.5 Å². The molecule has 0 unspecified atom stereocenters. The number of fused-ring (bicyclic) bond motifs is 1. The first-order chi connectivity index (χ1) is 12.9. The minimum absolute atomic E-state index is 0.0431. The van der Waals surface area contributed by atoms with Crippen LogP contribution in [0.3, 0.4) is 0 Å². The van der Waals surface area contributed by atoms with Crippen molar-refractivity contribution in [2.45, 2.75) is 32.0 Å². The number of rotatable bonds is 4. The normalized spacial score (nSPS) is 23.7. The molecule has 2 aromatic rings. The second kappa shape index (κ2) is 6.64. The second-order valence-electron chi connectivity index (χ2n) is 7.14. The van der Waals surface area contributed by atoms with E-state index in [9.17, 15) is 17.6 Å². The Bertz CT molecular complexity index is 975. The number of aryl methyl sites for hydroxylation is 1. The Hall–Kier alpha value is -2.41. The summed E-state index contributed by atoms with van der Waals surface area (Å²) in [5.41, 5.74) is 2.50. The number of anilines is 1. The number of carbonyl (C=O) groups is 1. The van der Waals surface area contributed by atoms with Gasteiger partial charge in [0.2, 0.25) is 0 Å². The molecule has 27 heavy (non-hydrogen) atoms. The summed E-state index contributed by atoms with van der Waals surface area (Å²) in [6.45, 7) is 2.24. The first-order valence-electron chi connectivity index (χ1n) is 9.01. The molecule has 4 rings (SSSR count). The molecule has 0 saturated carbocycles. The van der Waals surface area contributed by atoms with E-state index in [0.29, 0.717) is 11.3 Å². The molecule has 2 amide bonds. The van der Waals surface area contributed by atoms with Gasteiger partial charge in [0.05, 0.1) is 23.6 Å². The van der Waals surface area contributed by atoms with Gasteiger partial charge in [0.1, 0.15) is 5.82 Å². The molecule has 5 nitrogen and oxygen atoms in total. The molecule has 7 heteroatoms. The van der Waals surface area contributed by atoms with Crippen molar-refractivity contribution >= 4 is 21.6 Å². The van der Waals surface area contributed by atoms with Crippen LogP contribution in [-0.2, 0) is 22.8 Å². The van der Waals surface area contributed by atoms with E-state index in [1.165, 1.54) is 12.1 Å². The monoisotopic (exact) mass is 388 g/mol. The van der Waals surface area contributed by atoms with E-state index in [-0.39, 0.29) is 29.9 Å². The van der Waals surface area contributed by atoms with Crippen molar-refractivity contribution in [2.75, 3.05) is 16.4 Å². The molecule has 2 aliphatic rings. The highest BCUT2D eigenvalue weighted by atomic mass is 32.2. The van der Waals surface area contributed by atoms with Crippen LogP contribution < -0.4 is 4.90 Å². The zero-order valence-corrected chi connectivity index (χ0v) is 15.8. The zero-order chi connectivity index (χ0) is 19.2. The highest BCUT2D eigenvalue weighted by Gasteiger charge is 2.53. The van der Waals surface area contributed by atoms with Gasteiger partial charge in [0, 0.05) is 12.2 Å². The third kappa shape index (κ3) is 3.32. The maximum atomic E-state index is 13.5. The van der Waals surface area contributed by atoms with Gasteiger partial charge < -0.3 is 4.90 Å². The lowest BCUT2D eigenvalue weighted by Crippen LogP contribution is -2.37. The first-order valence-corrected chi connectivity index (χ1v) is 10.8. The Morgan fingerprint density at radius 3 is 2.41 bits per heavy atom. The SMILES string of the molecule is CCc1ccc(N2C(=O)N(Cc3cccc(F)c3)[C@H]3CS(=O)(=O)C[C@@H]32)cc1. The van der Waals surface area contributed by atoms with Crippen molar-refractivity contribution in [3.8, 4) is 0 Å². The summed E-state index contributed by atoms with van der Waals surface area (Å²) in [4.78, 5) is 16.3. The van der Waals surface area contributed by atoms with Gasteiger partial charge in [-0.05, 0) is 41.8 Å². The van der Waals surface area contributed by atoms with Gasteiger partial charge in [0.25, 0.3) is 0 Å². The average molecular weight is 388 g/mol. The maximum absolute atomic E-state index is 13.5. The highest BCUT2D eigenvalue weighted by Crippen LogP contribution is 2.36. The minimum Gasteiger partial charge on any atom is -0.314 e. The number of hydrogen-bond donors (Lipinski definition) is 0. The average Bonchev–Trinajstić information content (AvgIpc) is 3.06. The van der Waals surface area contributed by atoms with Crippen molar-refractivity contribution < 1.29 is 17.6 Å². The number of carbonyl (C=O) groups excluding carboxylic acids is 1. The van der Waals surface area contributed by atoms with Gasteiger partial charge in [-0.2, -0.15) is 0 Å². The van der Waals surface area contributed by atoms with Gasteiger partial charge >= 0.3 is 6.03 Å². The van der Waals surface area contributed by atoms with Gasteiger partial charge in [-0.1, -0.05) is 31.2 Å². The number of urea groups is 1. The largest absolute Gasteiger partial charge is 0.325 e. The van der Waals surface area contributed by atoms with E-state index in [0.717, 1.165) is 12.0 Å². The summed E-state index contributed by atoms with van der Waals surface area (Å²) in [5.74, 6) is -0.470. The van der Waals surface area contributed by atoms with Gasteiger partial charge in [0.15, 0.2) is 9.84 Å². The fraction of sp³-hybridized carbons (Fsp3) is 0.350. The molecule has 2 atom stereocenters. The maximum Gasteiger partial charge on any atom is 0.325 e. The molecular weight excluding hydrogens is 367 g/mol. The second-order valence-corrected chi connectivity index (χ2v) is 9.30. The van der Waals surface area contributed by atoms with Crippen LogP contribution in [-0.4, -0.2) is 42.9 Å². The Kier molecular flexibility index (Phi) is 4.42. The van der Waals surface area contributed by atoms with E-state index >= 15 is 0 Å².